The summed E-state index contributed by atoms with van der Waals surface area (Å²) in [6, 6.07) is 3.76. The van der Waals surface area contributed by atoms with Gasteiger partial charge in [-0.3, -0.25) is 4.68 Å². The molecule has 0 spiro atoms. The van der Waals surface area contributed by atoms with Crippen molar-refractivity contribution in [2.24, 2.45) is 7.05 Å². The van der Waals surface area contributed by atoms with E-state index in [0.29, 0.717) is 18.5 Å². The first-order chi connectivity index (χ1) is 9.04. The van der Waals surface area contributed by atoms with Crippen molar-refractivity contribution < 1.29 is 8.78 Å². The van der Waals surface area contributed by atoms with Gasteiger partial charge in [0.1, 0.15) is 11.6 Å². The Balaban J connectivity index is 1.86. The van der Waals surface area contributed by atoms with E-state index in [2.05, 4.69) is 10.4 Å². The molecule has 1 heterocycles. The summed E-state index contributed by atoms with van der Waals surface area (Å²) in [6.45, 7) is 2.68. The van der Waals surface area contributed by atoms with E-state index in [0.717, 1.165) is 11.6 Å². The van der Waals surface area contributed by atoms with E-state index in [-0.39, 0.29) is 6.04 Å². The second-order valence-corrected chi connectivity index (χ2v) is 4.65. The van der Waals surface area contributed by atoms with Gasteiger partial charge < -0.3 is 5.32 Å². The van der Waals surface area contributed by atoms with Crippen LogP contribution in [-0.2, 0) is 13.5 Å². The molecule has 0 amide bonds. The normalized spacial score (nSPS) is 12.6. The van der Waals surface area contributed by atoms with Crippen LogP contribution in [0, 0.1) is 11.6 Å². The van der Waals surface area contributed by atoms with Gasteiger partial charge in [0.15, 0.2) is 0 Å². The van der Waals surface area contributed by atoms with Crippen LogP contribution in [0.5, 0.6) is 0 Å². The maximum absolute atomic E-state index is 13.0. The molecule has 0 bridgehead atoms. The summed E-state index contributed by atoms with van der Waals surface area (Å²) in [5.41, 5.74) is 1.75. The lowest BCUT2D eigenvalue weighted by Gasteiger charge is -2.11. The van der Waals surface area contributed by atoms with Crippen LogP contribution in [0.4, 0.5) is 8.78 Å². The SMILES string of the molecule is CC(NCCc1cc(F)cc(F)c1)c1cnn(C)c1. The molecule has 0 aliphatic carbocycles. The van der Waals surface area contributed by atoms with E-state index in [1.54, 1.807) is 10.9 Å². The first-order valence-corrected chi connectivity index (χ1v) is 6.21. The molecule has 0 saturated carbocycles. The second kappa shape index (κ2) is 5.93. The highest BCUT2D eigenvalue weighted by atomic mass is 19.1. The van der Waals surface area contributed by atoms with E-state index in [4.69, 9.17) is 0 Å². The molecule has 1 aromatic heterocycles. The smallest absolute Gasteiger partial charge is 0.126 e. The van der Waals surface area contributed by atoms with Crippen molar-refractivity contribution in [2.75, 3.05) is 6.54 Å². The highest BCUT2D eigenvalue weighted by Crippen LogP contribution is 2.11. The summed E-state index contributed by atoms with van der Waals surface area (Å²) < 4.78 is 27.8. The molecule has 1 aromatic carbocycles. The van der Waals surface area contributed by atoms with Gasteiger partial charge in [-0.15, -0.1) is 0 Å². The Morgan fingerprint density at radius 2 is 1.95 bits per heavy atom. The molecule has 1 N–H and O–H groups in total. The minimum atomic E-state index is -0.532. The lowest BCUT2D eigenvalue weighted by Crippen LogP contribution is -2.21. The van der Waals surface area contributed by atoms with Gasteiger partial charge in [-0.25, -0.2) is 8.78 Å². The Morgan fingerprint density at radius 3 is 2.53 bits per heavy atom. The zero-order valence-electron chi connectivity index (χ0n) is 11.0. The summed E-state index contributed by atoms with van der Waals surface area (Å²) in [5, 5.41) is 7.41. The van der Waals surface area contributed by atoms with Crippen molar-refractivity contribution in [3.8, 4) is 0 Å². The van der Waals surface area contributed by atoms with E-state index in [9.17, 15) is 8.78 Å². The molecule has 19 heavy (non-hydrogen) atoms. The Kier molecular flexibility index (Phi) is 4.27. The van der Waals surface area contributed by atoms with Crippen LogP contribution in [-0.4, -0.2) is 16.3 Å². The van der Waals surface area contributed by atoms with Gasteiger partial charge in [0.2, 0.25) is 0 Å². The first-order valence-electron chi connectivity index (χ1n) is 6.21. The molecule has 2 rings (SSSR count). The van der Waals surface area contributed by atoms with Gasteiger partial charge in [-0.1, -0.05) is 0 Å². The zero-order valence-corrected chi connectivity index (χ0v) is 11.0. The monoisotopic (exact) mass is 265 g/mol. The molecule has 0 radical (unpaired) electrons. The molecular formula is C14H17F2N3. The Morgan fingerprint density at radius 1 is 1.26 bits per heavy atom. The average molecular weight is 265 g/mol. The molecule has 5 heteroatoms. The van der Waals surface area contributed by atoms with E-state index in [1.807, 2.05) is 20.2 Å². The summed E-state index contributed by atoms with van der Waals surface area (Å²) in [4.78, 5) is 0. The molecule has 102 valence electrons. The molecule has 0 aliphatic rings. The van der Waals surface area contributed by atoms with E-state index >= 15 is 0 Å². The van der Waals surface area contributed by atoms with Gasteiger partial charge in [-0.2, -0.15) is 5.10 Å². The van der Waals surface area contributed by atoms with Crippen molar-refractivity contribution in [1.82, 2.24) is 15.1 Å². The van der Waals surface area contributed by atoms with Gasteiger partial charge in [-0.05, 0) is 37.6 Å². The molecule has 0 saturated heterocycles. The highest BCUT2D eigenvalue weighted by Gasteiger charge is 2.07. The number of rotatable bonds is 5. The zero-order chi connectivity index (χ0) is 13.8. The number of aromatic nitrogens is 2. The standard InChI is InChI=1S/C14H17F2N3/c1-10(12-8-18-19(2)9-12)17-4-3-11-5-13(15)7-14(16)6-11/h5-10,17H,3-4H2,1-2H3. The maximum atomic E-state index is 13.0. The number of nitrogens with one attached hydrogen (secondary N) is 1. The lowest BCUT2D eigenvalue weighted by molar-refractivity contribution is 0.563. The van der Waals surface area contributed by atoms with Crippen molar-refractivity contribution in [3.05, 3.63) is 53.4 Å². The van der Waals surface area contributed by atoms with E-state index < -0.39 is 11.6 Å². The molecule has 1 atom stereocenters. The lowest BCUT2D eigenvalue weighted by atomic mass is 10.1. The Labute approximate surface area is 111 Å². The fourth-order valence-corrected chi connectivity index (χ4v) is 1.97. The van der Waals surface area contributed by atoms with Gasteiger partial charge in [0, 0.05) is 30.9 Å². The molecule has 2 aromatic rings. The largest absolute Gasteiger partial charge is 0.310 e. The third-order valence-corrected chi connectivity index (χ3v) is 3.01. The van der Waals surface area contributed by atoms with Gasteiger partial charge in [0.05, 0.1) is 6.20 Å². The molecule has 1 unspecified atom stereocenters. The summed E-state index contributed by atoms with van der Waals surface area (Å²) >= 11 is 0. The van der Waals surface area contributed by atoms with Crippen LogP contribution >= 0.6 is 0 Å². The second-order valence-electron chi connectivity index (χ2n) is 4.65. The van der Waals surface area contributed by atoms with Crippen LogP contribution in [0.2, 0.25) is 0 Å². The summed E-state index contributed by atoms with van der Waals surface area (Å²) in [7, 11) is 1.87. The Hall–Kier alpha value is -1.75. The molecular weight excluding hydrogens is 248 g/mol. The maximum Gasteiger partial charge on any atom is 0.126 e. The minimum absolute atomic E-state index is 0.159. The van der Waals surface area contributed by atoms with Crippen LogP contribution in [0.3, 0.4) is 0 Å². The number of nitrogens with zero attached hydrogens (tertiary/aromatic N) is 2. The minimum Gasteiger partial charge on any atom is -0.310 e. The van der Waals surface area contributed by atoms with Gasteiger partial charge >= 0.3 is 0 Å². The highest BCUT2D eigenvalue weighted by molar-refractivity contribution is 5.18. The molecule has 3 nitrogen and oxygen atoms in total. The predicted molar refractivity (Wildman–Crippen MR) is 69.7 cm³/mol. The fourth-order valence-electron chi connectivity index (χ4n) is 1.97. The fraction of sp³-hybridized carbons (Fsp3) is 0.357. The van der Waals surface area contributed by atoms with Crippen LogP contribution < -0.4 is 5.32 Å². The number of halogens is 2. The molecule has 0 aliphatic heterocycles. The first kappa shape index (κ1) is 13.7. The summed E-state index contributed by atoms with van der Waals surface area (Å²) in [6.07, 6.45) is 4.33. The number of hydrogen-bond donors (Lipinski definition) is 1. The van der Waals surface area contributed by atoms with Crippen molar-refractivity contribution in [3.63, 3.8) is 0 Å². The third kappa shape index (κ3) is 3.86. The number of hydrogen-bond acceptors (Lipinski definition) is 2. The third-order valence-electron chi connectivity index (χ3n) is 3.01. The van der Waals surface area contributed by atoms with Crippen molar-refractivity contribution in [2.45, 2.75) is 19.4 Å². The molecule has 0 fully saturated rings. The average Bonchev–Trinajstić information content (AvgIpc) is 2.74. The van der Waals surface area contributed by atoms with Crippen LogP contribution in [0.1, 0.15) is 24.1 Å². The Bertz CT molecular complexity index is 531. The van der Waals surface area contributed by atoms with E-state index in [1.165, 1.54) is 12.1 Å². The van der Waals surface area contributed by atoms with Crippen molar-refractivity contribution in [1.29, 1.82) is 0 Å². The predicted octanol–water partition coefficient (Wildman–Crippen LogP) is 2.59. The topological polar surface area (TPSA) is 29.9 Å². The number of benzene rings is 1. The number of aryl methyl sites for hydroxylation is 1. The van der Waals surface area contributed by atoms with Gasteiger partial charge in [0.25, 0.3) is 0 Å². The summed E-state index contributed by atoms with van der Waals surface area (Å²) in [5.74, 6) is -1.06. The quantitative estimate of drug-likeness (QED) is 0.900. The van der Waals surface area contributed by atoms with Crippen molar-refractivity contribution >= 4 is 0 Å². The van der Waals surface area contributed by atoms with Crippen LogP contribution in [0.15, 0.2) is 30.6 Å². The van der Waals surface area contributed by atoms with Crippen LogP contribution in [0.25, 0.3) is 0 Å².